The van der Waals surface area contributed by atoms with Crippen LogP contribution in [0.5, 0.6) is 0 Å². The highest BCUT2D eigenvalue weighted by Crippen LogP contribution is 1.88. The highest BCUT2D eigenvalue weighted by molar-refractivity contribution is 5.92. The lowest BCUT2D eigenvalue weighted by Crippen LogP contribution is -2.29. The van der Waals surface area contributed by atoms with Crippen molar-refractivity contribution in [2.24, 2.45) is 0 Å². The van der Waals surface area contributed by atoms with Gasteiger partial charge in [0.25, 0.3) is 5.91 Å². The van der Waals surface area contributed by atoms with Gasteiger partial charge >= 0.3 is 5.97 Å². The summed E-state index contributed by atoms with van der Waals surface area (Å²) in [6.07, 6.45) is 3.20. The molecule has 3 N–H and O–H groups in total. The summed E-state index contributed by atoms with van der Waals surface area (Å²) >= 11 is 0. The van der Waals surface area contributed by atoms with E-state index in [0.29, 0.717) is 0 Å². The van der Waals surface area contributed by atoms with E-state index in [1.54, 1.807) is 5.92 Å². The van der Waals surface area contributed by atoms with Crippen LogP contribution in [0.4, 0.5) is 0 Å². The van der Waals surface area contributed by atoms with Crippen molar-refractivity contribution in [3.05, 3.63) is 0 Å². The summed E-state index contributed by atoms with van der Waals surface area (Å²) in [5.41, 5.74) is 0. The SMILES string of the molecule is C#CC(=O)NCC[C@H](O)C(=O)O. The maximum atomic E-state index is 10.4. The van der Waals surface area contributed by atoms with E-state index in [9.17, 15) is 9.59 Å². The van der Waals surface area contributed by atoms with Crippen LogP contribution >= 0.6 is 0 Å². The summed E-state index contributed by atoms with van der Waals surface area (Å²) in [5, 5.41) is 19.1. The normalized spacial score (nSPS) is 11.3. The van der Waals surface area contributed by atoms with Crippen molar-refractivity contribution in [1.29, 1.82) is 0 Å². The van der Waals surface area contributed by atoms with Gasteiger partial charge in [-0.25, -0.2) is 4.79 Å². The highest BCUT2D eigenvalue weighted by Gasteiger charge is 2.11. The molecule has 0 heterocycles. The standard InChI is InChI=1S/C7H9NO4/c1-2-6(10)8-4-3-5(9)7(11)12/h1,5,9H,3-4H2,(H,8,10)(H,11,12)/t5-/m0/s1. The monoisotopic (exact) mass is 171 g/mol. The summed E-state index contributed by atoms with van der Waals surface area (Å²) in [5.74, 6) is -0.144. The third-order valence-electron chi connectivity index (χ3n) is 1.12. The molecular formula is C7H9NO4. The van der Waals surface area contributed by atoms with Gasteiger partial charge in [-0.15, -0.1) is 6.42 Å². The van der Waals surface area contributed by atoms with Gasteiger partial charge in [-0.05, 0) is 5.92 Å². The van der Waals surface area contributed by atoms with E-state index < -0.39 is 18.0 Å². The van der Waals surface area contributed by atoms with Crippen molar-refractivity contribution in [2.75, 3.05) is 6.54 Å². The molecule has 5 nitrogen and oxygen atoms in total. The Bertz CT molecular complexity index is 218. The van der Waals surface area contributed by atoms with Gasteiger partial charge in [0.15, 0.2) is 6.10 Å². The molecule has 0 saturated heterocycles. The molecule has 0 fully saturated rings. The van der Waals surface area contributed by atoms with Crippen LogP contribution in [-0.4, -0.2) is 34.7 Å². The number of aliphatic hydroxyl groups excluding tert-OH is 1. The van der Waals surface area contributed by atoms with Crippen molar-refractivity contribution in [2.45, 2.75) is 12.5 Å². The summed E-state index contributed by atoms with van der Waals surface area (Å²) in [4.78, 5) is 20.4. The lowest BCUT2D eigenvalue weighted by atomic mass is 10.2. The smallest absolute Gasteiger partial charge is 0.332 e. The first-order valence-electron chi connectivity index (χ1n) is 3.23. The highest BCUT2D eigenvalue weighted by atomic mass is 16.4. The van der Waals surface area contributed by atoms with E-state index >= 15 is 0 Å². The van der Waals surface area contributed by atoms with Gasteiger partial charge in [0.2, 0.25) is 0 Å². The van der Waals surface area contributed by atoms with Crippen LogP contribution in [-0.2, 0) is 9.59 Å². The van der Waals surface area contributed by atoms with Gasteiger partial charge in [-0.3, -0.25) is 4.79 Å². The molecule has 0 rings (SSSR count). The van der Waals surface area contributed by atoms with Crippen LogP contribution in [0.15, 0.2) is 0 Å². The Kier molecular flexibility index (Phi) is 4.49. The summed E-state index contributed by atoms with van der Waals surface area (Å²) in [7, 11) is 0. The van der Waals surface area contributed by atoms with E-state index in [2.05, 4.69) is 5.32 Å². The number of carboxylic acids is 1. The molecule has 0 aliphatic heterocycles. The van der Waals surface area contributed by atoms with Crippen molar-refractivity contribution in [3.63, 3.8) is 0 Å². The molecule has 0 aromatic carbocycles. The Balaban J connectivity index is 3.52. The lowest BCUT2D eigenvalue weighted by molar-refractivity contribution is -0.147. The van der Waals surface area contributed by atoms with Gasteiger partial charge in [0.05, 0.1) is 0 Å². The van der Waals surface area contributed by atoms with E-state index in [4.69, 9.17) is 16.6 Å². The number of hydrogen-bond acceptors (Lipinski definition) is 3. The Morgan fingerprint density at radius 2 is 2.17 bits per heavy atom. The second-order valence-corrected chi connectivity index (χ2v) is 2.04. The predicted molar refractivity (Wildman–Crippen MR) is 40.1 cm³/mol. The molecule has 1 amide bonds. The fourth-order valence-electron chi connectivity index (χ4n) is 0.497. The number of aliphatic hydroxyl groups is 1. The second kappa shape index (κ2) is 5.16. The third-order valence-corrected chi connectivity index (χ3v) is 1.12. The summed E-state index contributed by atoms with van der Waals surface area (Å²) < 4.78 is 0. The Morgan fingerprint density at radius 3 is 2.58 bits per heavy atom. The van der Waals surface area contributed by atoms with Crippen LogP contribution in [0.3, 0.4) is 0 Å². The molecule has 0 aromatic heterocycles. The van der Waals surface area contributed by atoms with Gasteiger partial charge in [0.1, 0.15) is 0 Å². The van der Waals surface area contributed by atoms with Crippen LogP contribution < -0.4 is 5.32 Å². The Morgan fingerprint density at radius 1 is 1.58 bits per heavy atom. The number of terminal acetylenes is 1. The Hall–Kier alpha value is -1.54. The van der Waals surface area contributed by atoms with Crippen molar-refractivity contribution >= 4 is 11.9 Å². The molecule has 0 saturated carbocycles. The lowest BCUT2D eigenvalue weighted by Gasteiger charge is -2.04. The fraction of sp³-hybridized carbons (Fsp3) is 0.429. The molecule has 0 aliphatic rings. The number of hydrogen-bond donors (Lipinski definition) is 3. The quantitative estimate of drug-likeness (QED) is 0.453. The number of amides is 1. The molecule has 1 atom stereocenters. The minimum Gasteiger partial charge on any atom is -0.479 e. The van der Waals surface area contributed by atoms with Crippen molar-refractivity contribution in [3.8, 4) is 12.3 Å². The maximum Gasteiger partial charge on any atom is 0.332 e. The molecule has 0 unspecified atom stereocenters. The van der Waals surface area contributed by atoms with Crippen LogP contribution in [0.1, 0.15) is 6.42 Å². The maximum absolute atomic E-state index is 10.4. The number of aliphatic carboxylic acids is 1. The van der Waals surface area contributed by atoms with Gasteiger partial charge < -0.3 is 15.5 Å². The van der Waals surface area contributed by atoms with Gasteiger partial charge in [-0.2, -0.15) is 0 Å². The third kappa shape index (κ3) is 4.30. The first kappa shape index (κ1) is 10.5. The Labute approximate surface area is 69.4 Å². The number of nitrogens with one attached hydrogen (secondary N) is 1. The predicted octanol–water partition coefficient (Wildman–Crippen LogP) is -1.43. The van der Waals surface area contributed by atoms with Crippen LogP contribution in [0, 0.1) is 12.3 Å². The summed E-state index contributed by atoms with van der Waals surface area (Å²) in [6, 6.07) is 0. The van der Waals surface area contributed by atoms with Gasteiger partial charge in [-0.1, -0.05) is 0 Å². The average Bonchev–Trinajstić information content (AvgIpc) is 2.03. The zero-order valence-electron chi connectivity index (χ0n) is 6.28. The molecule has 0 aromatic rings. The molecule has 0 aliphatic carbocycles. The number of carbonyl (C=O) groups excluding carboxylic acids is 1. The van der Waals surface area contributed by atoms with E-state index in [0.717, 1.165) is 0 Å². The molecular weight excluding hydrogens is 162 g/mol. The molecule has 12 heavy (non-hydrogen) atoms. The first-order chi connectivity index (χ1) is 5.57. The van der Waals surface area contributed by atoms with Crippen LogP contribution in [0.2, 0.25) is 0 Å². The van der Waals surface area contributed by atoms with Gasteiger partial charge in [0, 0.05) is 13.0 Å². The molecule has 0 radical (unpaired) electrons. The van der Waals surface area contributed by atoms with E-state index in [1.807, 2.05) is 0 Å². The van der Waals surface area contributed by atoms with E-state index in [1.165, 1.54) is 0 Å². The molecule has 0 bridgehead atoms. The largest absolute Gasteiger partial charge is 0.479 e. The number of rotatable bonds is 4. The number of carboxylic acid groups (broad SMARTS) is 1. The second-order valence-electron chi connectivity index (χ2n) is 2.04. The zero-order valence-corrected chi connectivity index (χ0v) is 6.28. The molecule has 66 valence electrons. The topological polar surface area (TPSA) is 86.6 Å². The number of carbonyl (C=O) groups is 2. The van der Waals surface area contributed by atoms with Crippen LogP contribution in [0.25, 0.3) is 0 Å². The van der Waals surface area contributed by atoms with Crippen molar-refractivity contribution < 1.29 is 19.8 Å². The molecule has 5 heteroatoms. The summed E-state index contributed by atoms with van der Waals surface area (Å²) in [6.45, 7) is 0.0521. The molecule has 0 spiro atoms. The van der Waals surface area contributed by atoms with Crippen molar-refractivity contribution in [1.82, 2.24) is 5.32 Å². The van der Waals surface area contributed by atoms with E-state index in [-0.39, 0.29) is 13.0 Å². The zero-order chi connectivity index (χ0) is 9.56. The first-order valence-corrected chi connectivity index (χ1v) is 3.23. The minimum atomic E-state index is -1.46. The fourth-order valence-corrected chi connectivity index (χ4v) is 0.497. The average molecular weight is 171 g/mol. The minimum absolute atomic E-state index is 0.0521.